The number of aromatic nitrogens is 2. The van der Waals surface area contributed by atoms with Crippen LogP contribution in [0.2, 0.25) is 0 Å². The smallest absolute Gasteiger partial charge is 0.264 e. The minimum absolute atomic E-state index is 0.0550. The summed E-state index contributed by atoms with van der Waals surface area (Å²) in [6, 6.07) is 7.05. The van der Waals surface area contributed by atoms with Crippen molar-refractivity contribution in [3.8, 4) is 11.6 Å². The van der Waals surface area contributed by atoms with Crippen molar-refractivity contribution >= 4 is 23.8 Å². The number of carbonyl (C=O) groups is 1. The lowest BCUT2D eigenvalue weighted by molar-refractivity contribution is -0.130. The number of nitrogens with zero attached hydrogens (tertiary/aromatic N) is 3. The Bertz CT molecular complexity index is 1070. The minimum atomic E-state index is -0.514. The second kappa shape index (κ2) is 9.25. The van der Waals surface area contributed by atoms with Crippen LogP contribution in [0.3, 0.4) is 0 Å². The number of hydrogen-bond donors (Lipinski definition) is 2. The molecule has 0 fully saturated rings. The van der Waals surface area contributed by atoms with E-state index < -0.39 is 5.56 Å². The van der Waals surface area contributed by atoms with Crippen molar-refractivity contribution in [2.24, 2.45) is 5.10 Å². The van der Waals surface area contributed by atoms with Crippen LogP contribution in [0, 0.1) is 4.77 Å². The van der Waals surface area contributed by atoms with E-state index in [9.17, 15) is 14.7 Å². The van der Waals surface area contributed by atoms with Gasteiger partial charge in [-0.2, -0.15) is 5.10 Å². The summed E-state index contributed by atoms with van der Waals surface area (Å²) in [6.07, 6.45) is 2.01. The van der Waals surface area contributed by atoms with Crippen molar-refractivity contribution in [1.82, 2.24) is 14.6 Å². The summed E-state index contributed by atoms with van der Waals surface area (Å²) >= 11 is 5.20. The Kier molecular flexibility index (Phi) is 6.71. The molecule has 1 aromatic heterocycles. The standard InChI is InChI=1S/C21H26N4O4S/c1-4-6-11-24-20(28)18(19(27)22-21(24)30)16-12-17(25(23-16)13(3)26)14-7-9-15(10-8-14)29-5-2/h7-10,17,28H,4-6,11-12H2,1-3H3,(H,22,27,30)/t17-/m1/s1. The van der Waals surface area contributed by atoms with Crippen LogP contribution in [0.5, 0.6) is 11.6 Å². The molecule has 2 N–H and O–H groups in total. The van der Waals surface area contributed by atoms with E-state index in [-0.39, 0.29) is 28.2 Å². The van der Waals surface area contributed by atoms with Crippen molar-refractivity contribution in [1.29, 1.82) is 0 Å². The lowest BCUT2D eigenvalue weighted by Gasteiger charge is -2.20. The molecule has 0 radical (unpaired) electrons. The molecule has 1 aliphatic heterocycles. The van der Waals surface area contributed by atoms with Gasteiger partial charge in [-0.15, -0.1) is 0 Å². The van der Waals surface area contributed by atoms with E-state index in [2.05, 4.69) is 10.1 Å². The van der Waals surface area contributed by atoms with Crippen LogP contribution in [0.1, 0.15) is 57.2 Å². The molecular weight excluding hydrogens is 404 g/mol. The highest BCUT2D eigenvalue weighted by Gasteiger charge is 2.34. The van der Waals surface area contributed by atoms with E-state index >= 15 is 0 Å². The number of H-pyrrole nitrogens is 1. The van der Waals surface area contributed by atoms with Crippen LogP contribution in [-0.2, 0) is 11.3 Å². The third-order valence-electron chi connectivity index (χ3n) is 5.00. The number of aromatic amines is 1. The van der Waals surface area contributed by atoms with E-state index in [4.69, 9.17) is 17.0 Å². The fourth-order valence-electron chi connectivity index (χ4n) is 3.51. The molecule has 0 saturated carbocycles. The second-order valence-corrected chi connectivity index (χ2v) is 7.48. The van der Waals surface area contributed by atoms with E-state index in [0.717, 1.165) is 24.2 Å². The van der Waals surface area contributed by atoms with Gasteiger partial charge in [0.15, 0.2) is 4.77 Å². The molecule has 1 atom stereocenters. The average Bonchev–Trinajstić information content (AvgIpc) is 3.14. The topological polar surface area (TPSA) is 99.9 Å². The number of carbonyl (C=O) groups excluding carboxylic acids is 1. The zero-order valence-corrected chi connectivity index (χ0v) is 18.2. The van der Waals surface area contributed by atoms with Crippen LogP contribution in [0.15, 0.2) is 34.2 Å². The number of benzene rings is 1. The molecule has 0 saturated heterocycles. The molecule has 1 amide bonds. The fraction of sp³-hybridized carbons (Fsp3) is 0.429. The van der Waals surface area contributed by atoms with Crippen molar-refractivity contribution in [3.05, 3.63) is 50.5 Å². The molecule has 0 bridgehead atoms. The molecular formula is C21H26N4O4S. The van der Waals surface area contributed by atoms with Crippen LogP contribution >= 0.6 is 12.2 Å². The van der Waals surface area contributed by atoms with Gasteiger partial charge in [0, 0.05) is 19.9 Å². The third kappa shape index (κ3) is 4.30. The van der Waals surface area contributed by atoms with Gasteiger partial charge in [-0.05, 0) is 43.3 Å². The largest absolute Gasteiger partial charge is 0.494 e. The zero-order chi connectivity index (χ0) is 21.8. The van der Waals surface area contributed by atoms with E-state index in [0.29, 0.717) is 25.3 Å². The normalized spacial score (nSPS) is 15.9. The van der Waals surface area contributed by atoms with Gasteiger partial charge in [0.1, 0.15) is 11.3 Å². The number of hydrazone groups is 1. The quantitative estimate of drug-likeness (QED) is 0.655. The van der Waals surface area contributed by atoms with Gasteiger partial charge in [0.05, 0.1) is 18.4 Å². The molecule has 2 aromatic rings. The summed E-state index contributed by atoms with van der Waals surface area (Å²) < 4.78 is 7.14. The van der Waals surface area contributed by atoms with E-state index in [1.807, 2.05) is 38.1 Å². The predicted molar refractivity (Wildman–Crippen MR) is 116 cm³/mol. The van der Waals surface area contributed by atoms with Gasteiger partial charge in [-0.3, -0.25) is 19.1 Å². The van der Waals surface area contributed by atoms with Gasteiger partial charge in [-0.25, -0.2) is 5.01 Å². The molecule has 0 spiro atoms. The summed E-state index contributed by atoms with van der Waals surface area (Å²) in [5, 5.41) is 16.5. The Morgan fingerprint density at radius 3 is 2.63 bits per heavy atom. The summed E-state index contributed by atoms with van der Waals surface area (Å²) in [4.78, 5) is 27.5. The first-order chi connectivity index (χ1) is 14.4. The molecule has 8 nitrogen and oxygen atoms in total. The molecule has 1 aromatic carbocycles. The summed E-state index contributed by atoms with van der Waals surface area (Å²) in [5.41, 5.74) is 0.754. The summed E-state index contributed by atoms with van der Waals surface area (Å²) in [5.74, 6) is 0.271. The Labute approximate surface area is 179 Å². The van der Waals surface area contributed by atoms with Crippen molar-refractivity contribution in [3.63, 3.8) is 0 Å². The zero-order valence-electron chi connectivity index (χ0n) is 17.3. The first-order valence-corrected chi connectivity index (χ1v) is 10.4. The fourth-order valence-corrected chi connectivity index (χ4v) is 3.78. The van der Waals surface area contributed by atoms with Crippen molar-refractivity contribution in [2.75, 3.05) is 6.61 Å². The van der Waals surface area contributed by atoms with E-state index in [1.54, 1.807) is 0 Å². The number of rotatable bonds is 7. The number of nitrogens with one attached hydrogen (secondary N) is 1. The maximum absolute atomic E-state index is 12.6. The molecule has 2 heterocycles. The SMILES string of the molecule is CCCCn1c(O)c(C2=NN(C(C)=O)[C@@H](c3ccc(OCC)cc3)C2)c(=O)[nH]c1=S. The average molecular weight is 431 g/mol. The minimum Gasteiger partial charge on any atom is -0.494 e. The maximum Gasteiger partial charge on any atom is 0.264 e. The molecule has 3 rings (SSSR count). The third-order valence-corrected chi connectivity index (χ3v) is 5.33. The monoisotopic (exact) mass is 430 g/mol. The Balaban J connectivity index is 2.00. The molecule has 30 heavy (non-hydrogen) atoms. The van der Waals surface area contributed by atoms with Gasteiger partial charge in [0.2, 0.25) is 11.8 Å². The van der Waals surface area contributed by atoms with Crippen molar-refractivity contribution < 1.29 is 14.6 Å². The molecule has 160 valence electrons. The number of unbranched alkanes of at least 4 members (excludes halogenated alkanes) is 1. The van der Waals surface area contributed by atoms with Crippen LogP contribution in [0.4, 0.5) is 0 Å². The van der Waals surface area contributed by atoms with Crippen molar-refractivity contribution in [2.45, 2.75) is 52.6 Å². The Morgan fingerprint density at radius 2 is 2.03 bits per heavy atom. The highest BCUT2D eigenvalue weighted by molar-refractivity contribution is 7.71. The highest BCUT2D eigenvalue weighted by Crippen LogP contribution is 2.34. The van der Waals surface area contributed by atoms with Crippen LogP contribution in [-0.4, -0.2) is 37.9 Å². The Morgan fingerprint density at radius 1 is 1.33 bits per heavy atom. The molecule has 0 unspecified atom stereocenters. The molecule has 1 aliphatic rings. The first-order valence-electron chi connectivity index (χ1n) is 10.0. The lowest BCUT2D eigenvalue weighted by Crippen LogP contribution is -2.24. The number of ether oxygens (including phenoxy) is 1. The maximum atomic E-state index is 12.6. The van der Waals surface area contributed by atoms with Gasteiger partial charge < -0.3 is 9.84 Å². The first kappa shape index (κ1) is 21.8. The lowest BCUT2D eigenvalue weighted by atomic mass is 9.99. The van der Waals surface area contributed by atoms with Gasteiger partial charge >= 0.3 is 0 Å². The number of aromatic hydroxyl groups is 1. The van der Waals surface area contributed by atoms with Crippen LogP contribution < -0.4 is 10.3 Å². The molecule has 0 aliphatic carbocycles. The van der Waals surface area contributed by atoms with Crippen LogP contribution in [0.25, 0.3) is 0 Å². The summed E-state index contributed by atoms with van der Waals surface area (Å²) in [6.45, 7) is 6.41. The summed E-state index contributed by atoms with van der Waals surface area (Å²) in [7, 11) is 0. The van der Waals surface area contributed by atoms with Gasteiger partial charge in [-0.1, -0.05) is 25.5 Å². The number of hydrogen-bond acceptors (Lipinski definition) is 6. The van der Waals surface area contributed by atoms with Gasteiger partial charge in [0.25, 0.3) is 5.56 Å². The number of amides is 1. The predicted octanol–water partition coefficient (Wildman–Crippen LogP) is 3.51. The second-order valence-electron chi connectivity index (χ2n) is 7.10. The highest BCUT2D eigenvalue weighted by atomic mass is 32.1. The molecule has 9 heteroatoms. The van der Waals surface area contributed by atoms with E-state index in [1.165, 1.54) is 16.5 Å². The Hall–Kier alpha value is -2.94.